The van der Waals surface area contributed by atoms with Crippen molar-refractivity contribution in [3.05, 3.63) is 63.9 Å². The van der Waals surface area contributed by atoms with Crippen molar-refractivity contribution in [1.82, 2.24) is 0 Å². The van der Waals surface area contributed by atoms with Gasteiger partial charge < -0.3 is 4.90 Å². The molecule has 0 N–H and O–H groups in total. The second-order valence-electron chi connectivity index (χ2n) is 4.51. The van der Waals surface area contributed by atoms with Gasteiger partial charge in [0.1, 0.15) is 5.82 Å². The van der Waals surface area contributed by atoms with Crippen molar-refractivity contribution in [3.63, 3.8) is 0 Å². The lowest BCUT2D eigenvalue weighted by molar-refractivity contribution is -0.114. The van der Waals surface area contributed by atoms with Gasteiger partial charge in [-0.1, -0.05) is 28.1 Å². The van der Waals surface area contributed by atoms with Crippen molar-refractivity contribution >= 4 is 33.3 Å². The molecule has 100 valence electrons. The van der Waals surface area contributed by atoms with Crippen LogP contribution in [0.15, 0.2) is 46.9 Å². The third-order valence-corrected chi connectivity index (χ3v) is 3.66. The number of ketones is 1. The molecule has 0 spiro atoms. The van der Waals surface area contributed by atoms with E-state index in [2.05, 4.69) is 15.9 Å². The Hall–Kier alpha value is -2.01. The van der Waals surface area contributed by atoms with Crippen LogP contribution in [0.25, 0.3) is 0 Å². The van der Waals surface area contributed by atoms with Crippen molar-refractivity contribution in [1.29, 1.82) is 0 Å². The van der Waals surface area contributed by atoms with Gasteiger partial charge in [0.05, 0.1) is 17.8 Å². The number of halogens is 2. The van der Waals surface area contributed by atoms with Gasteiger partial charge in [0.2, 0.25) is 0 Å². The minimum absolute atomic E-state index is 0.237. The molecule has 0 radical (unpaired) electrons. The van der Waals surface area contributed by atoms with E-state index in [0.717, 1.165) is 10.0 Å². The molecule has 0 fully saturated rings. The number of hydrogen-bond acceptors (Lipinski definition) is 2. The number of amides is 1. The van der Waals surface area contributed by atoms with Gasteiger partial charge in [-0.2, -0.15) is 0 Å². The van der Waals surface area contributed by atoms with Crippen LogP contribution in [-0.4, -0.2) is 11.7 Å². The van der Waals surface area contributed by atoms with Crippen LogP contribution in [-0.2, 0) is 11.3 Å². The molecular formula is C15H9BrFNO2. The molecule has 0 saturated carbocycles. The lowest BCUT2D eigenvalue weighted by Gasteiger charge is -2.16. The number of hydrogen-bond donors (Lipinski definition) is 0. The molecule has 20 heavy (non-hydrogen) atoms. The third kappa shape index (κ3) is 2.14. The Balaban J connectivity index is 2.01. The molecule has 1 aliphatic rings. The Morgan fingerprint density at radius 1 is 1.10 bits per heavy atom. The smallest absolute Gasteiger partial charge is 0.299 e. The zero-order chi connectivity index (χ0) is 14.3. The first-order valence-electron chi connectivity index (χ1n) is 5.96. The summed E-state index contributed by atoms with van der Waals surface area (Å²) in [6.07, 6.45) is 0. The van der Waals surface area contributed by atoms with Gasteiger partial charge in [-0.05, 0) is 35.9 Å². The van der Waals surface area contributed by atoms with Gasteiger partial charge >= 0.3 is 0 Å². The van der Waals surface area contributed by atoms with Gasteiger partial charge in [0, 0.05) is 4.47 Å². The zero-order valence-corrected chi connectivity index (χ0v) is 11.9. The predicted octanol–water partition coefficient (Wildman–Crippen LogP) is 3.32. The predicted molar refractivity (Wildman–Crippen MR) is 76.1 cm³/mol. The van der Waals surface area contributed by atoms with E-state index < -0.39 is 17.5 Å². The molecule has 0 bridgehead atoms. The Labute approximate surface area is 123 Å². The van der Waals surface area contributed by atoms with Crippen molar-refractivity contribution in [3.8, 4) is 0 Å². The van der Waals surface area contributed by atoms with Gasteiger partial charge in [-0.3, -0.25) is 9.59 Å². The van der Waals surface area contributed by atoms with Crippen LogP contribution in [0.4, 0.5) is 10.1 Å². The summed E-state index contributed by atoms with van der Waals surface area (Å²) in [6, 6.07) is 11.2. The highest BCUT2D eigenvalue weighted by molar-refractivity contribution is 9.10. The molecule has 5 heteroatoms. The lowest BCUT2D eigenvalue weighted by Crippen LogP contribution is -2.29. The first-order valence-corrected chi connectivity index (χ1v) is 6.76. The van der Waals surface area contributed by atoms with Crippen LogP contribution in [0, 0.1) is 5.82 Å². The van der Waals surface area contributed by atoms with Gasteiger partial charge in [-0.15, -0.1) is 0 Å². The highest BCUT2D eigenvalue weighted by Crippen LogP contribution is 2.31. The fourth-order valence-corrected chi connectivity index (χ4v) is 2.69. The van der Waals surface area contributed by atoms with Crippen LogP contribution in [0.2, 0.25) is 0 Å². The molecule has 1 amide bonds. The second-order valence-corrected chi connectivity index (χ2v) is 5.43. The average Bonchev–Trinajstić information content (AvgIpc) is 2.64. The van der Waals surface area contributed by atoms with Crippen molar-refractivity contribution in [2.24, 2.45) is 0 Å². The number of anilines is 1. The van der Waals surface area contributed by atoms with E-state index in [4.69, 9.17) is 0 Å². The molecule has 3 nitrogen and oxygen atoms in total. The van der Waals surface area contributed by atoms with Crippen LogP contribution in [0.3, 0.4) is 0 Å². The summed E-state index contributed by atoms with van der Waals surface area (Å²) >= 11 is 3.35. The summed E-state index contributed by atoms with van der Waals surface area (Å²) in [6.45, 7) is 0.237. The SMILES string of the molecule is O=C1C(=O)N(Cc2cccc(Br)c2)c2cc(F)ccc21. The van der Waals surface area contributed by atoms with Gasteiger partial charge in [0.25, 0.3) is 11.7 Å². The molecule has 1 heterocycles. The summed E-state index contributed by atoms with van der Waals surface area (Å²) < 4.78 is 14.2. The Morgan fingerprint density at radius 2 is 1.90 bits per heavy atom. The van der Waals surface area contributed by atoms with E-state index in [-0.39, 0.29) is 12.1 Å². The van der Waals surface area contributed by atoms with E-state index in [0.29, 0.717) is 5.69 Å². The maximum Gasteiger partial charge on any atom is 0.299 e. The molecule has 1 aliphatic heterocycles. The molecule has 0 saturated heterocycles. The molecule has 0 aromatic heterocycles. The summed E-state index contributed by atoms with van der Waals surface area (Å²) in [7, 11) is 0. The molecule has 0 atom stereocenters. The Kier molecular flexibility index (Phi) is 3.14. The number of carbonyl (C=O) groups is 2. The second kappa shape index (κ2) is 4.83. The topological polar surface area (TPSA) is 37.4 Å². The largest absolute Gasteiger partial charge is 0.300 e. The van der Waals surface area contributed by atoms with Crippen molar-refractivity contribution in [2.45, 2.75) is 6.54 Å². The fraction of sp³-hybridized carbons (Fsp3) is 0.0667. The Bertz CT molecular complexity index is 730. The molecular weight excluding hydrogens is 325 g/mol. The number of rotatable bonds is 2. The van der Waals surface area contributed by atoms with Gasteiger partial charge in [0.15, 0.2) is 0 Å². The van der Waals surface area contributed by atoms with E-state index in [1.165, 1.54) is 23.1 Å². The first kappa shape index (κ1) is 13.0. The maximum atomic E-state index is 13.3. The Morgan fingerprint density at radius 3 is 2.65 bits per heavy atom. The van der Waals surface area contributed by atoms with E-state index in [9.17, 15) is 14.0 Å². The van der Waals surface area contributed by atoms with Crippen LogP contribution in [0.5, 0.6) is 0 Å². The third-order valence-electron chi connectivity index (χ3n) is 3.16. The van der Waals surface area contributed by atoms with Crippen LogP contribution < -0.4 is 4.90 Å². The summed E-state index contributed by atoms with van der Waals surface area (Å²) in [5.41, 5.74) is 1.45. The summed E-state index contributed by atoms with van der Waals surface area (Å²) in [5.74, 6) is -1.67. The lowest BCUT2D eigenvalue weighted by atomic mass is 10.1. The van der Waals surface area contributed by atoms with E-state index in [1.54, 1.807) is 0 Å². The first-order chi connectivity index (χ1) is 9.56. The minimum Gasteiger partial charge on any atom is -0.300 e. The number of fused-ring (bicyclic) bond motifs is 1. The van der Waals surface area contributed by atoms with Crippen LogP contribution >= 0.6 is 15.9 Å². The number of nitrogens with zero attached hydrogens (tertiary/aromatic N) is 1. The standard InChI is InChI=1S/C15H9BrFNO2/c16-10-3-1-2-9(6-10)8-18-13-7-11(17)4-5-12(13)14(19)15(18)20/h1-7H,8H2. The zero-order valence-electron chi connectivity index (χ0n) is 10.3. The average molecular weight is 334 g/mol. The van der Waals surface area contributed by atoms with Crippen molar-refractivity contribution < 1.29 is 14.0 Å². The normalized spacial score (nSPS) is 13.8. The maximum absolute atomic E-state index is 13.3. The molecule has 3 rings (SSSR count). The quantitative estimate of drug-likeness (QED) is 0.790. The molecule has 0 aliphatic carbocycles. The highest BCUT2D eigenvalue weighted by Gasteiger charge is 2.35. The number of Topliss-reactive ketones (excluding diaryl/α,β-unsaturated/α-hetero) is 1. The fourth-order valence-electron chi connectivity index (χ4n) is 2.24. The minimum atomic E-state index is -0.620. The number of benzene rings is 2. The summed E-state index contributed by atoms with van der Waals surface area (Å²) in [4.78, 5) is 25.2. The van der Waals surface area contributed by atoms with Gasteiger partial charge in [-0.25, -0.2) is 4.39 Å². The monoisotopic (exact) mass is 333 g/mol. The molecule has 2 aromatic rings. The van der Waals surface area contributed by atoms with Crippen molar-refractivity contribution in [2.75, 3.05) is 4.90 Å². The van der Waals surface area contributed by atoms with E-state index >= 15 is 0 Å². The number of carbonyl (C=O) groups excluding carboxylic acids is 2. The summed E-state index contributed by atoms with van der Waals surface area (Å²) in [5, 5.41) is 0. The van der Waals surface area contributed by atoms with Crippen LogP contribution in [0.1, 0.15) is 15.9 Å². The highest BCUT2D eigenvalue weighted by atomic mass is 79.9. The van der Waals surface area contributed by atoms with E-state index in [1.807, 2.05) is 24.3 Å². The molecule has 0 unspecified atom stereocenters. The molecule has 2 aromatic carbocycles.